The van der Waals surface area contributed by atoms with Crippen LogP contribution in [0.3, 0.4) is 0 Å². The van der Waals surface area contributed by atoms with Crippen molar-refractivity contribution in [1.82, 2.24) is 4.72 Å². The predicted molar refractivity (Wildman–Crippen MR) is 72.9 cm³/mol. The summed E-state index contributed by atoms with van der Waals surface area (Å²) in [7, 11) is -3.42. The number of nitrogens with two attached hydrogens (primary N) is 1. The number of nitrogen functional groups attached to an aromatic ring is 1. The molecular formula is C12H19N3O2S. The summed E-state index contributed by atoms with van der Waals surface area (Å²) < 4.78 is 26.2. The molecule has 1 saturated carbocycles. The fourth-order valence-electron chi connectivity index (χ4n) is 1.82. The normalized spacial score (nSPS) is 22.8. The van der Waals surface area contributed by atoms with Crippen molar-refractivity contribution in [3.8, 4) is 0 Å². The van der Waals surface area contributed by atoms with Crippen LogP contribution in [-0.4, -0.2) is 21.0 Å². The third-order valence-electron chi connectivity index (χ3n) is 3.12. The minimum absolute atomic E-state index is 0.245. The Labute approximate surface area is 108 Å². The van der Waals surface area contributed by atoms with Crippen molar-refractivity contribution < 1.29 is 8.42 Å². The van der Waals surface area contributed by atoms with E-state index in [1.807, 2.05) is 0 Å². The van der Waals surface area contributed by atoms with Gasteiger partial charge in [0.25, 0.3) is 0 Å². The lowest BCUT2D eigenvalue weighted by Crippen LogP contribution is -2.23. The quantitative estimate of drug-likeness (QED) is 0.705. The number of hydrogen-bond donors (Lipinski definition) is 3. The number of rotatable bonds is 5. The van der Waals surface area contributed by atoms with Crippen molar-refractivity contribution in [2.45, 2.75) is 31.2 Å². The van der Waals surface area contributed by atoms with Gasteiger partial charge in [-0.15, -0.1) is 0 Å². The van der Waals surface area contributed by atoms with Gasteiger partial charge in [0.15, 0.2) is 0 Å². The highest BCUT2D eigenvalue weighted by molar-refractivity contribution is 7.89. The summed E-state index contributed by atoms with van der Waals surface area (Å²) in [6.45, 7) is 4.27. The van der Waals surface area contributed by atoms with E-state index >= 15 is 0 Å². The highest BCUT2D eigenvalue weighted by atomic mass is 32.2. The van der Waals surface area contributed by atoms with E-state index in [0.29, 0.717) is 29.9 Å². The van der Waals surface area contributed by atoms with E-state index in [4.69, 9.17) is 5.73 Å². The van der Waals surface area contributed by atoms with E-state index < -0.39 is 10.0 Å². The summed E-state index contributed by atoms with van der Waals surface area (Å²) in [6.07, 6.45) is 1.10. The zero-order chi connectivity index (χ0) is 13.3. The lowest BCUT2D eigenvalue weighted by atomic mass is 10.2. The van der Waals surface area contributed by atoms with E-state index in [9.17, 15) is 8.42 Å². The Morgan fingerprint density at radius 2 is 2.11 bits per heavy atom. The van der Waals surface area contributed by atoms with Crippen LogP contribution in [-0.2, 0) is 10.0 Å². The second kappa shape index (κ2) is 4.78. The topological polar surface area (TPSA) is 84.2 Å². The van der Waals surface area contributed by atoms with Gasteiger partial charge in [0.2, 0.25) is 10.0 Å². The third-order valence-corrected chi connectivity index (χ3v) is 4.66. The van der Waals surface area contributed by atoms with Crippen LogP contribution >= 0.6 is 0 Å². The fourth-order valence-corrected chi connectivity index (χ4v) is 2.89. The van der Waals surface area contributed by atoms with Gasteiger partial charge in [-0.1, -0.05) is 13.8 Å². The average Bonchev–Trinajstić information content (AvgIpc) is 2.97. The standard InChI is InChI=1S/C12H19N3O2S/c1-3-14-18(16,17)9-4-5-10(13)12(7-9)15-11-6-8(11)2/h4-5,7-8,11,14-15H,3,6,13H2,1-2H3. The zero-order valence-electron chi connectivity index (χ0n) is 10.6. The molecule has 18 heavy (non-hydrogen) atoms. The average molecular weight is 269 g/mol. The minimum atomic E-state index is -3.42. The Kier molecular flexibility index (Phi) is 3.49. The molecule has 2 atom stereocenters. The fraction of sp³-hybridized carbons (Fsp3) is 0.500. The van der Waals surface area contributed by atoms with Gasteiger partial charge in [-0.05, 0) is 30.5 Å². The number of hydrogen-bond acceptors (Lipinski definition) is 4. The Morgan fingerprint density at radius 1 is 1.44 bits per heavy atom. The van der Waals surface area contributed by atoms with Crippen molar-refractivity contribution in [2.24, 2.45) is 5.92 Å². The van der Waals surface area contributed by atoms with E-state index in [0.717, 1.165) is 6.42 Å². The molecule has 4 N–H and O–H groups in total. The maximum Gasteiger partial charge on any atom is 0.240 e. The highest BCUT2D eigenvalue weighted by Gasteiger charge is 2.32. The van der Waals surface area contributed by atoms with Crippen LogP contribution in [0.1, 0.15) is 20.3 Å². The molecule has 0 saturated heterocycles. The van der Waals surface area contributed by atoms with Crippen LogP contribution < -0.4 is 15.8 Å². The second-order valence-corrected chi connectivity index (χ2v) is 6.48. The van der Waals surface area contributed by atoms with Crippen molar-refractivity contribution in [1.29, 1.82) is 0 Å². The molecule has 0 spiro atoms. The molecule has 0 radical (unpaired) electrons. The van der Waals surface area contributed by atoms with Crippen LogP contribution in [0.5, 0.6) is 0 Å². The molecule has 0 aliphatic heterocycles. The zero-order valence-corrected chi connectivity index (χ0v) is 11.4. The Hall–Kier alpha value is -1.27. The number of benzene rings is 1. The first kappa shape index (κ1) is 13.2. The van der Waals surface area contributed by atoms with Crippen molar-refractivity contribution >= 4 is 21.4 Å². The van der Waals surface area contributed by atoms with Crippen LogP contribution in [0.4, 0.5) is 11.4 Å². The van der Waals surface area contributed by atoms with Crippen molar-refractivity contribution in [3.05, 3.63) is 18.2 Å². The number of sulfonamides is 1. The van der Waals surface area contributed by atoms with E-state index in [1.165, 1.54) is 6.07 Å². The first-order chi connectivity index (χ1) is 8.44. The van der Waals surface area contributed by atoms with Gasteiger partial charge < -0.3 is 11.1 Å². The lowest BCUT2D eigenvalue weighted by molar-refractivity contribution is 0.584. The Morgan fingerprint density at radius 3 is 2.67 bits per heavy atom. The molecule has 1 fully saturated rings. The summed E-state index contributed by atoms with van der Waals surface area (Å²) in [5, 5.41) is 3.27. The molecular weight excluding hydrogens is 250 g/mol. The summed E-state index contributed by atoms with van der Waals surface area (Å²) in [4.78, 5) is 0.245. The number of anilines is 2. The molecule has 1 aliphatic rings. The van der Waals surface area contributed by atoms with Crippen LogP contribution in [0, 0.1) is 5.92 Å². The first-order valence-electron chi connectivity index (χ1n) is 6.09. The van der Waals surface area contributed by atoms with Gasteiger partial charge in [0.05, 0.1) is 16.3 Å². The van der Waals surface area contributed by atoms with E-state index in [-0.39, 0.29) is 4.90 Å². The van der Waals surface area contributed by atoms with Crippen LogP contribution in [0.15, 0.2) is 23.1 Å². The summed E-state index contributed by atoms with van der Waals surface area (Å²) >= 11 is 0. The molecule has 2 unspecified atom stereocenters. The van der Waals surface area contributed by atoms with Crippen molar-refractivity contribution in [3.63, 3.8) is 0 Å². The van der Waals surface area contributed by atoms with Gasteiger partial charge in [-0.2, -0.15) is 0 Å². The summed E-state index contributed by atoms with van der Waals surface area (Å²) in [5.74, 6) is 0.624. The first-order valence-corrected chi connectivity index (χ1v) is 7.58. The molecule has 1 aromatic carbocycles. The minimum Gasteiger partial charge on any atom is -0.397 e. The molecule has 0 heterocycles. The van der Waals surface area contributed by atoms with Gasteiger partial charge in [0.1, 0.15) is 0 Å². The SMILES string of the molecule is CCNS(=O)(=O)c1ccc(N)c(NC2CC2C)c1. The molecule has 6 heteroatoms. The van der Waals surface area contributed by atoms with Gasteiger partial charge >= 0.3 is 0 Å². The van der Waals surface area contributed by atoms with Gasteiger partial charge in [0, 0.05) is 12.6 Å². The third kappa shape index (κ3) is 2.76. The van der Waals surface area contributed by atoms with E-state index in [1.54, 1.807) is 19.1 Å². The summed E-state index contributed by atoms with van der Waals surface area (Å²) in [6, 6.07) is 5.15. The maximum absolute atomic E-state index is 11.9. The van der Waals surface area contributed by atoms with Crippen LogP contribution in [0.25, 0.3) is 0 Å². The summed E-state index contributed by atoms with van der Waals surface area (Å²) in [5.41, 5.74) is 7.12. The molecule has 0 amide bonds. The molecule has 1 aromatic rings. The largest absolute Gasteiger partial charge is 0.397 e. The van der Waals surface area contributed by atoms with E-state index in [2.05, 4.69) is 17.0 Å². The van der Waals surface area contributed by atoms with Crippen LogP contribution in [0.2, 0.25) is 0 Å². The molecule has 100 valence electrons. The van der Waals surface area contributed by atoms with Gasteiger partial charge in [-0.3, -0.25) is 0 Å². The highest BCUT2D eigenvalue weighted by Crippen LogP contribution is 2.35. The number of nitrogens with one attached hydrogen (secondary N) is 2. The molecule has 0 bridgehead atoms. The van der Waals surface area contributed by atoms with Gasteiger partial charge in [-0.25, -0.2) is 13.1 Å². The molecule has 0 aromatic heterocycles. The molecule has 2 rings (SSSR count). The smallest absolute Gasteiger partial charge is 0.240 e. The maximum atomic E-state index is 11.9. The Bertz CT molecular complexity index is 542. The lowest BCUT2D eigenvalue weighted by Gasteiger charge is -2.11. The second-order valence-electron chi connectivity index (χ2n) is 4.71. The van der Waals surface area contributed by atoms with Crippen molar-refractivity contribution in [2.75, 3.05) is 17.6 Å². The molecule has 5 nitrogen and oxygen atoms in total. The predicted octanol–water partition coefficient (Wildman–Crippen LogP) is 1.39. The monoisotopic (exact) mass is 269 g/mol. The Balaban J connectivity index is 2.25. The molecule has 1 aliphatic carbocycles.